The van der Waals surface area contributed by atoms with Crippen molar-refractivity contribution in [1.29, 1.82) is 0 Å². The molecule has 0 aromatic rings. The molecule has 128 valence electrons. The Morgan fingerprint density at radius 2 is 1.38 bits per heavy atom. The summed E-state index contributed by atoms with van der Waals surface area (Å²) in [6.07, 6.45) is 11.0. The molecule has 0 amide bonds. The Morgan fingerprint density at radius 3 is 1.90 bits per heavy atom. The fourth-order valence-corrected chi connectivity index (χ4v) is 5.80. The van der Waals surface area contributed by atoms with Gasteiger partial charge in [-0.25, -0.2) is 0 Å². The molecule has 0 aliphatic carbocycles. The second kappa shape index (κ2) is 11.7. The van der Waals surface area contributed by atoms with Crippen LogP contribution in [0, 0.1) is 5.92 Å². The molecule has 0 saturated heterocycles. The maximum Gasteiger partial charge on any atom is 0.206 e. The number of unbranched alkanes of at least 4 members (excludes halogenated alkanes) is 4. The van der Waals surface area contributed by atoms with Crippen molar-refractivity contribution in [2.24, 2.45) is 5.92 Å². The summed E-state index contributed by atoms with van der Waals surface area (Å²) in [6.45, 7) is 10.7. The summed E-state index contributed by atoms with van der Waals surface area (Å²) >= 11 is 0. The maximum absolute atomic E-state index is 13.1. The van der Waals surface area contributed by atoms with E-state index in [1.165, 1.54) is 19.3 Å². The highest BCUT2D eigenvalue weighted by atomic mass is 31.2. The van der Waals surface area contributed by atoms with E-state index in [-0.39, 0.29) is 11.3 Å². The minimum atomic E-state index is -3.06. The first-order chi connectivity index (χ1) is 9.91. The van der Waals surface area contributed by atoms with E-state index < -0.39 is 7.37 Å². The molecule has 2 nitrogen and oxygen atoms in total. The Morgan fingerprint density at radius 1 is 0.810 bits per heavy atom. The van der Waals surface area contributed by atoms with E-state index in [2.05, 4.69) is 27.7 Å². The van der Waals surface area contributed by atoms with Crippen molar-refractivity contribution < 1.29 is 9.46 Å². The van der Waals surface area contributed by atoms with Crippen molar-refractivity contribution in [2.45, 2.75) is 110 Å². The first-order valence-electron chi connectivity index (χ1n) is 9.23. The van der Waals surface area contributed by atoms with Gasteiger partial charge in [-0.15, -0.1) is 0 Å². The van der Waals surface area contributed by atoms with Crippen LogP contribution in [-0.2, 0) is 4.57 Å². The zero-order chi connectivity index (χ0) is 16.3. The molecular formula is C18H39O2P. The highest BCUT2D eigenvalue weighted by Crippen LogP contribution is 2.57. The van der Waals surface area contributed by atoms with Crippen LogP contribution >= 0.6 is 7.37 Å². The summed E-state index contributed by atoms with van der Waals surface area (Å²) in [5.41, 5.74) is -0.0194. The lowest BCUT2D eigenvalue weighted by molar-refractivity contribution is 0.399. The molecule has 0 bridgehead atoms. The fourth-order valence-electron chi connectivity index (χ4n) is 3.15. The van der Waals surface area contributed by atoms with E-state index in [0.29, 0.717) is 5.92 Å². The van der Waals surface area contributed by atoms with Crippen LogP contribution < -0.4 is 0 Å². The molecule has 0 aliphatic heterocycles. The fraction of sp³-hybridized carbons (Fsp3) is 1.00. The third kappa shape index (κ3) is 7.84. The zero-order valence-electron chi connectivity index (χ0n) is 15.1. The summed E-state index contributed by atoms with van der Waals surface area (Å²) in [6, 6.07) is 0. The quantitative estimate of drug-likeness (QED) is 0.306. The molecule has 1 N–H and O–H groups in total. The molecule has 4 atom stereocenters. The van der Waals surface area contributed by atoms with E-state index >= 15 is 0 Å². The van der Waals surface area contributed by atoms with E-state index in [1.807, 2.05) is 6.92 Å². The molecule has 0 aromatic carbocycles. The van der Waals surface area contributed by atoms with Gasteiger partial charge in [0.1, 0.15) is 0 Å². The van der Waals surface area contributed by atoms with Gasteiger partial charge >= 0.3 is 0 Å². The Labute approximate surface area is 133 Å². The molecule has 4 unspecified atom stereocenters. The first-order valence-corrected chi connectivity index (χ1v) is 11.0. The largest absolute Gasteiger partial charge is 0.344 e. The van der Waals surface area contributed by atoms with E-state index in [1.54, 1.807) is 0 Å². The van der Waals surface area contributed by atoms with Crippen LogP contribution in [-0.4, -0.2) is 16.2 Å². The summed E-state index contributed by atoms with van der Waals surface area (Å²) < 4.78 is 13.1. The predicted molar refractivity (Wildman–Crippen MR) is 95.4 cm³/mol. The third-order valence-corrected chi connectivity index (χ3v) is 8.19. The van der Waals surface area contributed by atoms with Crippen LogP contribution in [0.1, 0.15) is 98.8 Å². The number of hydrogen-bond donors (Lipinski definition) is 1. The lowest BCUT2D eigenvalue weighted by Gasteiger charge is -2.31. The number of hydrogen-bond acceptors (Lipinski definition) is 1. The molecule has 0 aromatic heterocycles. The molecule has 0 radical (unpaired) electrons. The predicted octanol–water partition coefficient (Wildman–Crippen LogP) is 6.61. The van der Waals surface area contributed by atoms with Gasteiger partial charge in [0, 0.05) is 11.3 Å². The number of rotatable bonds is 13. The van der Waals surface area contributed by atoms with Crippen molar-refractivity contribution in [2.75, 3.05) is 0 Å². The minimum Gasteiger partial charge on any atom is -0.344 e. The Bertz CT molecular complexity index is 291. The maximum atomic E-state index is 13.1. The average Bonchev–Trinajstić information content (AvgIpc) is 2.45. The van der Waals surface area contributed by atoms with Crippen molar-refractivity contribution in [1.82, 2.24) is 0 Å². The lowest BCUT2D eigenvalue weighted by atomic mass is 10.0. The normalized spacial score (nSPS) is 19.0. The van der Waals surface area contributed by atoms with Crippen LogP contribution in [0.25, 0.3) is 0 Å². The highest BCUT2D eigenvalue weighted by Gasteiger charge is 2.37. The van der Waals surface area contributed by atoms with Crippen LogP contribution in [0.4, 0.5) is 0 Å². The zero-order valence-corrected chi connectivity index (χ0v) is 16.0. The Kier molecular flexibility index (Phi) is 11.8. The molecule has 3 heteroatoms. The molecule has 0 saturated carbocycles. The lowest BCUT2D eigenvalue weighted by Crippen LogP contribution is -2.22. The van der Waals surface area contributed by atoms with Crippen molar-refractivity contribution >= 4 is 7.37 Å². The Hall–Kier alpha value is 0.190. The van der Waals surface area contributed by atoms with Gasteiger partial charge in [0.2, 0.25) is 7.37 Å². The van der Waals surface area contributed by atoms with Crippen LogP contribution in [0.2, 0.25) is 0 Å². The Balaban J connectivity index is 4.70. The van der Waals surface area contributed by atoms with E-state index in [9.17, 15) is 9.46 Å². The first kappa shape index (κ1) is 21.2. The molecule has 0 spiro atoms. The minimum absolute atomic E-state index is 0.0311. The molecule has 0 aliphatic rings. The molecular weight excluding hydrogens is 279 g/mol. The molecule has 0 rings (SSSR count). The van der Waals surface area contributed by atoms with Crippen LogP contribution in [0.15, 0.2) is 0 Å². The van der Waals surface area contributed by atoms with Gasteiger partial charge < -0.3 is 4.89 Å². The standard InChI is InChI=1S/C18H39O2P/c1-6-9-11-12-15-18(14-10-7-2)21(19,20)17(5)16(4)13-8-3/h16-18H,6-15H2,1-5H3,(H,19,20). The summed E-state index contributed by atoms with van der Waals surface area (Å²) in [5.74, 6) is 0.352. The van der Waals surface area contributed by atoms with E-state index in [0.717, 1.165) is 44.9 Å². The monoisotopic (exact) mass is 318 g/mol. The summed E-state index contributed by atoms with van der Waals surface area (Å²) in [7, 11) is -3.06. The highest BCUT2D eigenvalue weighted by molar-refractivity contribution is 7.59. The van der Waals surface area contributed by atoms with Crippen molar-refractivity contribution in [3.8, 4) is 0 Å². The molecule has 0 heterocycles. The van der Waals surface area contributed by atoms with Crippen LogP contribution in [0.5, 0.6) is 0 Å². The third-order valence-electron chi connectivity index (χ3n) is 4.96. The van der Waals surface area contributed by atoms with Gasteiger partial charge in [-0.2, -0.15) is 0 Å². The summed E-state index contributed by atoms with van der Waals surface area (Å²) in [5, 5.41) is 0. The smallest absolute Gasteiger partial charge is 0.206 e. The molecule has 0 fully saturated rings. The summed E-state index contributed by atoms with van der Waals surface area (Å²) in [4.78, 5) is 10.8. The van der Waals surface area contributed by atoms with Gasteiger partial charge in [-0.3, -0.25) is 4.57 Å². The SMILES string of the molecule is CCCCCCC(CCCC)P(=O)(O)C(C)C(C)CCC. The van der Waals surface area contributed by atoms with Gasteiger partial charge in [0.05, 0.1) is 0 Å². The van der Waals surface area contributed by atoms with E-state index in [4.69, 9.17) is 0 Å². The molecule has 21 heavy (non-hydrogen) atoms. The van der Waals surface area contributed by atoms with Crippen molar-refractivity contribution in [3.05, 3.63) is 0 Å². The van der Waals surface area contributed by atoms with Crippen LogP contribution in [0.3, 0.4) is 0 Å². The topological polar surface area (TPSA) is 37.3 Å². The average molecular weight is 318 g/mol. The second-order valence-electron chi connectivity index (χ2n) is 6.82. The van der Waals surface area contributed by atoms with Gasteiger partial charge in [-0.1, -0.05) is 86.0 Å². The van der Waals surface area contributed by atoms with Gasteiger partial charge in [-0.05, 0) is 18.8 Å². The second-order valence-corrected chi connectivity index (χ2v) is 9.71. The van der Waals surface area contributed by atoms with Gasteiger partial charge in [0.15, 0.2) is 0 Å². The van der Waals surface area contributed by atoms with Gasteiger partial charge in [0.25, 0.3) is 0 Å². The van der Waals surface area contributed by atoms with Crippen molar-refractivity contribution in [3.63, 3.8) is 0 Å².